The molecule has 5 heteroatoms. The first-order chi connectivity index (χ1) is 7.69. The Kier molecular flexibility index (Phi) is 4.72. The summed E-state index contributed by atoms with van der Waals surface area (Å²) in [5.74, 6) is 5.40. The summed E-state index contributed by atoms with van der Waals surface area (Å²) >= 11 is 0. The highest BCUT2D eigenvalue weighted by atomic mass is 16.5. The number of amides is 1. The van der Waals surface area contributed by atoms with E-state index in [0.29, 0.717) is 12.2 Å². The van der Waals surface area contributed by atoms with Crippen LogP contribution in [0.5, 0.6) is 5.75 Å². The molecule has 5 nitrogen and oxygen atoms in total. The highest BCUT2D eigenvalue weighted by molar-refractivity contribution is 5.80. The van der Waals surface area contributed by atoms with Crippen molar-refractivity contribution in [2.45, 2.75) is 32.8 Å². The van der Waals surface area contributed by atoms with Crippen LogP contribution < -0.4 is 16.0 Å². The van der Waals surface area contributed by atoms with E-state index in [-0.39, 0.29) is 5.91 Å². The summed E-state index contributed by atoms with van der Waals surface area (Å²) in [5.41, 5.74) is 2.86. The Morgan fingerprint density at radius 3 is 3.00 bits per heavy atom. The second-order valence-corrected chi connectivity index (χ2v) is 3.49. The molecule has 0 aliphatic heterocycles. The molecule has 0 aliphatic carbocycles. The third kappa shape index (κ3) is 3.20. The average molecular weight is 223 g/mol. The normalized spacial score (nSPS) is 11.9. The molecule has 1 aromatic rings. The van der Waals surface area contributed by atoms with Gasteiger partial charge in [-0.15, -0.1) is 0 Å². The smallest absolute Gasteiger partial charge is 0.274 e. The summed E-state index contributed by atoms with van der Waals surface area (Å²) in [6.07, 6.45) is 2.59. The Labute approximate surface area is 95.0 Å². The maximum atomic E-state index is 11.4. The molecule has 1 amide bonds. The number of aromatic nitrogens is 1. The number of nitrogens with zero attached hydrogens (tertiary/aromatic N) is 1. The molecule has 1 heterocycles. The van der Waals surface area contributed by atoms with Gasteiger partial charge in [-0.2, -0.15) is 0 Å². The minimum atomic E-state index is -0.558. The van der Waals surface area contributed by atoms with Crippen LogP contribution in [0.2, 0.25) is 0 Å². The quantitative estimate of drug-likeness (QED) is 0.442. The number of hydrogen-bond acceptors (Lipinski definition) is 4. The lowest BCUT2D eigenvalue weighted by Crippen LogP contribution is -2.42. The van der Waals surface area contributed by atoms with Gasteiger partial charge in [0.15, 0.2) is 6.10 Å². The summed E-state index contributed by atoms with van der Waals surface area (Å²) < 4.78 is 5.58. The van der Waals surface area contributed by atoms with Gasteiger partial charge in [0.2, 0.25) is 0 Å². The van der Waals surface area contributed by atoms with Crippen molar-refractivity contribution in [3.8, 4) is 5.75 Å². The fourth-order valence-electron chi connectivity index (χ4n) is 1.35. The van der Waals surface area contributed by atoms with E-state index in [9.17, 15) is 4.79 Å². The van der Waals surface area contributed by atoms with Crippen molar-refractivity contribution >= 4 is 5.91 Å². The first-order valence-electron chi connectivity index (χ1n) is 5.27. The van der Waals surface area contributed by atoms with Gasteiger partial charge in [-0.1, -0.05) is 13.3 Å². The maximum Gasteiger partial charge on any atom is 0.274 e. The second-order valence-electron chi connectivity index (χ2n) is 3.49. The third-order valence-electron chi connectivity index (χ3n) is 2.21. The molecule has 1 aromatic heterocycles. The van der Waals surface area contributed by atoms with E-state index in [0.717, 1.165) is 12.1 Å². The summed E-state index contributed by atoms with van der Waals surface area (Å²) in [5, 5.41) is 0. The van der Waals surface area contributed by atoms with Gasteiger partial charge in [-0.3, -0.25) is 15.2 Å². The van der Waals surface area contributed by atoms with Crippen molar-refractivity contribution in [1.82, 2.24) is 10.4 Å². The minimum absolute atomic E-state index is 0.315. The van der Waals surface area contributed by atoms with Crippen molar-refractivity contribution in [1.29, 1.82) is 0 Å². The van der Waals surface area contributed by atoms with Crippen LogP contribution in [0.3, 0.4) is 0 Å². The van der Waals surface area contributed by atoms with Crippen LogP contribution in [0.1, 0.15) is 25.5 Å². The van der Waals surface area contributed by atoms with E-state index in [2.05, 4.69) is 10.4 Å². The second kappa shape index (κ2) is 6.07. The highest BCUT2D eigenvalue weighted by Gasteiger charge is 2.19. The largest absolute Gasteiger partial charge is 0.479 e. The molecule has 0 saturated heterocycles. The number of rotatable bonds is 5. The van der Waals surface area contributed by atoms with Gasteiger partial charge in [0.25, 0.3) is 5.91 Å². The van der Waals surface area contributed by atoms with Crippen molar-refractivity contribution in [2.75, 3.05) is 0 Å². The van der Waals surface area contributed by atoms with Crippen molar-refractivity contribution in [2.24, 2.45) is 5.84 Å². The van der Waals surface area contributed by atoms with Crippen molar-refractivity contribution < 1.29 is 9.53 Å². The van der Waals surface area contributed by atoms with Gasteiger partial charge in [0, 0.05) is 6.20 Å². The van der Waals surface area contributed by atoms with Crippen LogP contribution in [0.4, 0.5) is 0 Å². The van der Waals surface area contributed by atoms with Gasteiger partial charge < -0.3 is 4.74 Å². The molecule has 0 fully saturated rings. The number of carbonyl (C=O) groups excluding carboxylic acids is 1. The van der Waals surface area contributed by atoms with Crippen LogP contribution in [-0.4, -0.2) is 17.0 Å². The molecule has 0 radical (unpaired) electrons. The first kappa shape index (κ1) is 12.4. The summed E-state index contributed by atoms with van der Waals surface area (Å²) in [7, 11) is 0. The number of hydrazine groups is 1. The van der Waals surface area contributed by atoms with Crippen LogP contribution in [0.15, 0.2) is 18.3 Å². The number of pyridine rings is 1. The molecule has 1 atom stereocenters. The van der Waals surface area contributed by atoms with Crippen molar-refractivity contribution in [3.63, 3.8) is 0 Å². The standard InChI is InChI=1S/C11H17N3O2/c1-3-5-10(11(15)14-12)16-9-6-4-7-13-8(9)2/h4,6-7,10H,3,5,12H2,1-2H3,(H,14,15). The SMILES string of the molecule is CCCC(Oc1cccnc1C)C(=O)NN. The van der Waals surface area contributed by atoms with E-state index < -0.39 is 6.10 Å². The molecule has 0 aliphatic rings. The monoisotopic (exact) mass is 223 g/mol. The van der Waals surface area contributed by atoms with E-state index >= 15 is 0 Å². The molecule has 3 N–H and O–H groups in total. The summed E-state index contributed by atoms with van der Waals surface area (Å²) in [4.78, 5) is 15.5. The number of ether oxygens (including phenoxy) is 1. The van der Waals surface area contributed by atoms with Gasteiger partial charge in [0.05, 0.1) is 5.69 Å². The molecule has 0 aromatic carbocycles. The number of nitrogens with two attached hydrogens (primary N) is 1. The van der Waals surface area contributed by atoms with E-state index in [1.807, 2.05) is 13.8 Å². The predicted octanol–water partition coefficient (Wildman–Crippen LogP) is 0.927. The lowest BCUT2D eigenvalue weighted by atomic mass is 10.2. The molecular weight excluding hydrogens is 206 g/mol. The van der Waals surface area contributed by atoms with Gasteiger partial charge >= 0.3 is 0 Å². The molecule has 1 rings (SSSR count). The van der Waals surface area contributed by atoms with Gasteiger partial charge in [-0.25, -0.2) is 5.84 Å². The molecule has 16 heavy (non-hydrogen) atoms. The topological polar surface area (TPSA) is 77.2 Å². The van der Waals surface area contributed by atoms with Crippen LogP contribution >= 0.6 is 0 Å². The molecule has 0 saturated carbocycles. The van der Waals surface area contributed by atoms with E-state index in [1.54, 1.807) is 18.3 Å². The van der Waals surface area contributed by atoms with Crippen LogP contribution in [0.25, 0.3) is 0 Å². The summed E-state index contributed by atoms with van der Waals surface area (Å²) in [6.45, 7) is 3.81. The van der Waals surface area contributed by atoms with Crippen LogP contribution in [0, 0.1) is 6.92 Å². The maximum absolute atomic E-state index is 11.4. The highest BCUT2D eigenvalue weighted by Crippen LogP contribution is 2.17. The van der Waals surface area contributed by atoms with E-state index in [4.69, 9.17) is 10.6 Å². The molecule has 0 spiro atoms. The molecule has 0 bridgehead atoms. The minimum Gasteiger partial charge on any atom is -0.479 e. The van der Waals surface area contributed by atoms with Crippen molar-refractivity contribution in [3.05, 3.63) is 24.0 Å². The zero-order chi connectivity index (χ0) is 12.0. The third-order valence-corrected chi connectivity index (χ3v) is 2.21. The number of hydrogen-bond donors (Lipinski definition) is 2. The predicted molar refractivity (Wildman–Crippen MR) is 60.6 cm³/mol. The fourth-order valence-corrected chi connectivity index (χ4v) is 1.35. The van der Waals surface area contributed by atoms with Crippen LogP contribution in [-0.2, 0) is 4.79 Å². The first-order valence-corrected chi connectivity index (χ1v) is 5.27. The van der Waals surface area contributed by atoms with E-state index in [1.165, 1.54) is 0 Å². The fraction of sp³-hybridized carbons (Fsp3) is 0.455. The average Bonchev–Trinajstić information content (AvgIpc) is 2.30. The lowest BCUT2D eigenvalue weighted by molar-refractivity contribution is -0.128. The Balaban J connectivity index is 2.75. The number of carbonyl (C=O) groups is 1. The Hall–Kier alpha value is -1.62. The molecule has 88 valence electrons. The lowest BCUT2D eigenvalue weighted by Gasteiger charge is -2.17. The molecule has 1 unspecified atom stereocenters. The zero-order valence-electron chi connectivity index (χ0n) is 9.56. The zero-order valence-corrected chi connectivity index (χ0v) is 9.56. The summed E-state index contributed by atoms with van der Waals surface area (Å²) in [6, 6.07) is 3.56. The number of nitrogens with one attached hydrogen (secondary N) is 1. The number of aryl methyl sites for hydroxylation is 1. The van der Waals surface area contributed by atoms with Gasteiger partial charge in [0.1, 0.15) is 5.75 Å². The Bertz CT molecular complexity index is 355. The Morgan fingerprint density at radius 1 is 1.69 bits per heavy atom. The Morgan fingerprint density at radius 2 is 2.44 bits per heavy atom. The van der Waals surface area contributed by atoms with Gasteiger partial charge in [-0.05, 0) is 25.5 Å². The molecular formula is C11H17N3O2.